The Kier molecular flexibility index (Phi) is 4.45. The van der Waals surface area contributed by atoms with Crippen LogP contribution >= 0.6 is 0 Å². The number of rotatable bonds is 4. The number of hydrogen-bond donors (Lipinski definition) is 2. The van der Waals surface area contributed by atoms with Gasteiger partial charge >= 0.3 is 0 Å². The van der Waals surface area contributed by atoms with Gasteiger partial charge < -0.3 is 19.7 Å². The predicted octanol–water partition coefficient (Wildman–Crippen LogP) is 0.916. The van der Waals surface area contributed by atoms with Gasteiger partial charge in [-0.3, -0.25) is 4.57 Å². The summed E-state index contributed by atoms with van der Waals surface area (Å²) in [6, 6.07) is 9.18. The molecule has 2 aromatic heterocycles. The first-order chi connectivity index (χ1) is 13.1. The lowest BCUT2D eigenvalue weighted by Gasteiger charge is -2.16. The van der Waals surface area contributed by atoms with Crippen molar-refractivity contribution >= 4 is 11.2 Å². The van der Waals surface area contributed by atoms with Crippen molar-refractivity contribution in [2.45, 2.75) is 38.1 Å². The van der Waals surface area contributed by atoms with Gasteiger partial charge in [0, 0.05) is 0 Å². The SMILES string of the molecule is C[C@H]1O[C@@H](n2cnc3c(OCc4cccc(C#N)c4)ncnc32)[C@H](O)[C@@H]1O. The molecule has 0 radical (unpaired) electrons. The van der Waals surface area contributed by atoms with Crippen LogP contribution in [0.4, 0.5) is 0 Å². The molecule has 1 aliphatic rings. The van der Waals surface area contributed by atoms with Crippen LogP contribution in [0.15, 0.2) is 36.9 Å². The van der Waals surface area contributed by atoms with Gasteiger partial charge in [-0.05, 0) is 24.6 Å². The molecular weight excluding hydrogens is 350 g/mol. The van der Waals surface area contributed by atoms with Crippen LogP contribution in [-0.2, 0) is 11.3 Å². The van der Waals surface area contributed by atoms with Crippen LogP contribution in [-0.4, -0.2) is 48.0 Å². The number of aliphatic hydroxyl groups is 2. The highest BCUT2D eigenvalue weighted by molar-refractivity contribution is 5.76. The van der Waals surface area contributed by atoms with Gasteiger partial charge in [0.15, 0.2) is 17.4 Å². The molecule has 1 aliphatic heterocycles. The number of ether oxygens (including phenoxy) is 2. The Hall–Kier alpha value is -3.06. The molecule has 0 bridgehead atoms. The van der Waals surface area contributed by atoms with E-state index in [9.17, 15) is 10.2 Å². The van der Waals surface area contributed by atoms with Crippen molar-refractivity contribution in [1.29, 1.82) is 5.26 Å². The molecular formula is C18H17N5O4. The third kappa shape index (κ3) is 3.10. The zero-order valence-electron chi connectivity index (χ0n) is 14.4. The largest absolute Gasteiger partial charge is 0.471 e. The molecule has 1 aromatic carbocycles. The lowest BCUT2D eigenvalue weighted by molar-refractivity contribution is -0.0299. The lowest BCUT2D eigenvalue weighted by Crippen LogP contribution is -2.30. The first-order valence-electron chi connectivity index (χ1n) is 8.39. The van der Waals surface area contributed by atoms with Crippen LogP contribution in [0.5, 0.6) is 5.88 Å². The minimum absolute atomic E-state index is 0.215. The van der Waals surface area contributed by atoms with Crippen molar-refractivity contribution in [3.05, 3.63) is 48.0 Å². The van der Waals surface area contributed by atoms with E-state index in [1.165, 1.54) is 12.7 Å². The average Bonchev–Trinajstić information content (AvgIpc) is 3.23. The van der Waals surface area contributed by atoms with Crippen molar-refractivity contribution in [2.75, 3.05) is 0 Å². The molecule has 27 heavy (non-hydrogen) atoms. The third-order valence-electron chi connectivity index (χ3n) is 4.51. The molecule has 1 saturated heterocycles. The van der Waals surface area contributed by atoms with E-state index in [1.54, 1.807) is 29.7 Å². The standard InChI is InChI=1S/C18H17N5O4/c1-10-14(24)15(25)18(27-10)23-9-22-13-16(23)20-8-21-17(13)26-7-12-4-2-3-11(5-12)6-19/h2-5,8-10,14-15,18,24-25H,7H2,1H3/t10-,14-,15-,18-/m1/s1. The van der Waals surface area contributed by atoms with Gasteiger partial charge in [-0.15, -0.1) is 0 Å². The second-order valence-corrected chi connectivity index (χ2v) is 6.32. The molecule has 0 saturated carbocycles. The summed E-state index contributed by atoms with van der Waals surface area (Å²) in [4.78, 5) is 12.6. The van der Waals surface area contributed by atoms with Gasteiger partial charge in [0.25, 0.3) is 0 Å². The first kappa shape index (κ1) is 17.4. The van der Waals surface area contributed by atoms with Crippen molar-refractivity contribution in [3.63, 3.8) is 0 Å². The Morgan fingerprint density at radius 2 is 2.11 bits per heavy atom. The zero-order chi connectivity index (χ0) is 19.0. The fraction of sp³-hybridized carbons (Fsp3) is 0.333. The number of nitriles is 1. The summed E-state index contributed by atoms with van der Waals surface area (Å²) >= 11 is 0. The van der Waals surface area contributed by atoms with Gasteiger partial charge in [-0.25, -0.2) is 9.97 Å². The topological polar surface area (TPSA) is 126 Å². The summed E-state index contributed by atoms with van der Waals surface area (Å²) in [5, 5.41) is 29.1. The quantitative estimate of drug-likeness (QED) is 0.697. The third-order valence-corrected chi connectivity index (χ3v) is 4.51. The molecule has 0 aliphatic carbocycles. The Balaban J connectivity index is 1.60. The number of imidazole rings is 1. The van der Waals surface area contributed by atoms with E-state index in [4.69, 9.17) is 14.7 Å². The van der Waals surface area contributed by atoms with Crippen LogP contribution in [0.25, 0.3) is 11.2 Å². The Labute approximate surface area is 154 Å². The van der Waals surface area contributed by atoms with Gasteiger partial charge in [0.2, 0.25) is 5.88 Å². The Morgan fingerprint density at radius 1 is 1.26 bits per heavy atom. The molecule has 4 atom stereocenters. The maximum Gasteiger partial charge on any atom is 0.245 e. The fourth-order valence-corrected chi connectivity index (χ4v) is 3.06. The molecule has 3 aromatic rings. The first-order valence-corrected chi connectivity index (χ1v) is 8.39. The fourth-order valence-electron chi connectivity index (χ4n) is 3.06. The Morgan fingerprint density at radius 3 is 2.85 bits per heavy atom. The number of nitrogens with zero attached hydrogens (tertiary/aromatic N) is 5. The van der Waals surface area contributed by atoms with Crippen LogP contribution in [0.2, 0.25) is 0 Å². The van der Waals surface area contributed by atoms with Crippen LogP contribution in [0.1, 0.15) is 24.3 Å². The molecule has 2 N–H and O–H groups in total. The van der Waals surface area contributed by atoms with Gasteiger partial charge in [0.05, 0.1) is 24.1 Å². The van der Waals surface area contributed by atoms with E-state index >= 15 is 0 Å². The minimum Gasteiger partial charge on any atom is -0.471 e. The van der Waals surface area contributed by atoms with Crippen LogP contribution in [0, 0.1) is 11.3 Å². The minimum atomic E-state index is -1.09. The summed E-state index contributed by atoms with van der Waals surface area (Å²) in [5.74, 6) is 0.280. The number of aromatic nitrogens is 4. The average molecular weight is 367 g/mol. The molecule has 0 spiro atoms. The van der Waals surface area contributed by atoms with Crippen LogP contribution < -0.4 is 4.74 Å². The van der Waals surface area contributed by atoms with E-state index in [-0.39, 0.29) is 12.5 Å². The van der Waals surface area contributed by atoms with Gasteiger partial charge in [-0.1, -0.05) is 12.1 Å². The highest BCUT2D eigenvalue weighted by Crippen LogP contribution is 2.32. The highest BCUT2D eigenvalue weighted by atomic mass is 16.6. The number of hydrogen-bond acceptors (Lipinski definition) is 8. The van der Waals surface area contributed by atoms with Crippen molar-refractivity contribution in [2.24, 2.45) is 0 Å². The molecule has 9 heteroatoms. The summed E-state index contributed by atoms with van der Waals surface area (Å²) in [7, 11) is 0. The second-order valence-electron chi connectivity index (χ2n) is 6.32. The van der Waals surface area contributed by atoms with Crippen molar-refractivity contribution < 1.29 is 19.7 Å². The molecule has 0 unspecified atom stereocenters. The van der Waals surface area contributed by atoms with Crippen molar-refractivity contribution in [1.82, 2.24) is 19.5 Å². The number of benzene rings is 1. The summed E-state index contributed by atoms with van der Waals surface area (Å²) < 4.78 is 12.9. The number of fused-ring (bicyclic) bond motifs is 1. The van der Waals surface area contributed by atoms with E-state index in [1.807, 2.05) is 6.07 Å². The summed E-state index contributed by atoms with van der Waals surface area (Å²) in [6.45, 7) is 1.90. The zero-order valence-corrected chi connectivity index (χ0v) is 14.4. The number of aliphatic hydroxyl groups excluding tert-OH is 2. The maximum atomic E-state index is 10.2. The molecule has 3 heterocycles. The Bertz CT molecular complexity index is 1010. The maximum absolute atomic E-state index is 10.2. The van der Waals surface area contributed by atoms with E-state index in [0.29, 0.717) is 16.7 Å². The summed E-state index contributed by atoms with van der Waals surface area (Å²) in [6.07, 6.45) is -0.575. The van der Waals surface area contributed by atoms with Crippen LogP contribution in [0.3, 0.4) is 0 Å². The van der Waals surface area contributed by atoms with E-state index in [2.05, 4.69) is 21.0 Å². The molecule has 0 amide bonds. The van der Waals surface area contributed by atoms with E-state index in [0.717, 1.165) is 5.56 Å². The predicted molar refractivity (Wildman–Crippen MR) is 92.4 cm³/mol. The highest BCUT2D eigenvalue weighted by Gasteiger charge is 2.42. The van der Waals surface area contributed by atoms with E-state index < -0.39 is 24.5 Å². The van der Waals surface area contributed by atoms with Gasteiger partial charge in [0.1, 0.15) is 25.1 Å². The molecule has 4 rings (SSSR count). The molecule has 1 fully saturated rings. The normalized spacial score (nSPS) is 24.8. The summed E-state index contributed by atoms with van der Waals surface area (Å²) in [5.41, 5.74) is 2.22. The molecule has 138 valence electrons. The molecule has 9 nitrogen and oxygen atoms in total. The van der Waals surface area contributed by atoms with Crippen molar-refractivity contribution in [3.8, 4) is 11.9 Å². The van der Waals surface area contributed by atoms with Gasteiger partial charge in [-0.2, -0.15) is 10.2 Å². The monoisotopic (exact) mass is 367 g/mol. The second kappa shape index (κ2) is 6.92. The smallest absolute Gasteiger partial charge is 0.245 e. The lowest BCUT2D eigenvalue weighted by atomic mass is 10.1.